The molecule has 0 saturated carbocycles. The number of nitrogens with zero attached hydrogens (tertiary/aromatic N) is 2. The van der Waals surface area contributed by atoms with Gasteiger partial charge in [-0.05, 0) is 24.3 Å². The van der Waals surface area contributed by atoms with Gasteiger partial charge in [-0.1, -0.05) is 22.0 Å². The van der Waals surface area contributed by atoms with Gasteiger partial charge in [0, 0.05) is 9.86 Å². The van der Waals surface area contributed by atoms with Crippen LogP contribution >= 0.6 is 15.9 Å². The van der Waals surface area contributed by atoms with Crippen molar-refractivity contribution < 1.29 is 0 Å². The summed E-state index contributed by atoms with van der Waals surface area (Å²) < 4.78 is 0.975. The molecule has 2 rings (SSSR count). The van der Waals surface area contributed by atoms with Gasteiger partial charge in [-0.25, -0.2) is 4.98 Å². The lowest BCUT2D eigenvalue weighted by atomic mass is 10.2. The number of hydrogen-bond acceptors (Lipinski definition) is 2. The smallest absolute Gasteiger partial charge is 0.141 e. The van der Waals surface area contributed by atoms with Gasteiger partial charge in [-0.2, -0.15) is 5.26 Å². The zero-order valence-corrected chi connectivity index (χ0v) is 8.25. The molecule has 13 heavy (non-hydrogen) atoms. The van der Waals surface area contributed by atoms with Crippen molar-refractivity contribution in [3.05, 3.63) is 40.5 Å². The Morgan fingerprint density at radius 3 is 2.77 bits per heavy atom. The van der Waals surface area contributed by atoms with Crippen LogP contribution in [0.2, 0.25) is 0 Å². The highest BCUT2D eigenvalue weighted by molar-refractivity contribution is 9.10. The van der Waals surface area contributed by atoms with Crippen LogP contribution in [0.5, 0.6) is 0 Å². The maximum atomic E-state index is 8.64. The highest BCUT2D eigenvalue weighted by Gasteiger charge is 1.97. The number of halogens is 1. The Labute approximate surface area is 84.0 Å². The van der Waals surface area contributed by atoms with Crippen LogP contribution in [0.1, 0.15) is 5.69 Å². The molecule has 0 radical (unpaired) electrons. The summed E-state index contributed by atoms with van der Waals surface area (Å²) in [7, 11) is 0. The zero-order valence-electron chi connectivity index (χ0n) is 6.66. The van der Waals surface area contributed by atoms with Crippen molar-refractivity contribution in [2.45, 2.75) is 0 Å². The summed E-state index contributed by atoms with van der Waals surface area (Å²) in [6.45, 7) is 0. The molecule has 0 bridgehead atoms. The fraction of sp³-hybridized carbons (Fsp3) is 0. The lowest BCUT2D eigenvalue weighted by Crippen LogP contribution is -1.83. The molecule has 62 valence electrons. The summed E-state index contributed by atoms with van der Waals surface area (Å²) >= 11 is 3.36. The Balaban J connectivity index is 2.77. The predicted molar refractivity (Wildman–Crippen MR) is 54.2 cm³/mol. The van der Waals surface area contributed by atoms with E-state index in [9.17, 15) is 0 Å². The van der Waals surface area contributed by atoms with Crippen LogP contribution in [-0.2, 0) is 0 Å². The molecule has 2 aromatic rings. The van der Waals surface area contributed by atoms with Crippen molar-refractivity contribution in [2.75, 3.05) is 0 Å². The average Bonchev–Trinajstić information content (AvgIpc) is 2.16. The summed E-state index contributed by atoms with van der Waals surface area (Å²) in [5.74, 6) is 0. The highest BCUT2D eigenvalue weighted by atomic mass is 79.9. The Hall–Kier alpha value is -1.40. The van der Waals surface area contributed by atoms with Gasteiger partial charge < -0.3 is 0 Å². The van der Waals surface area contributed by atoms with Crippen molar-refractivity contribution in [1.29, 1.82) is 5.26 Å². The molecule has 0 aliphatic carbocycles. The average molecular weight is 233 g/mol. The molecule has 0 saturated heterocycles. The maximum absolute atomic E-state index is 8.64. The minimum atomic E-state index is 0.450. The van der Waals surface area contributed by atoms with E-state index in [0.29, 0.717) is 5.69 Å². The molecule has 0 unspecified atom stereocenters. The van der Waals surface area contributed by atoms with E-state index < -0.39 is 0 Å². The second kappa shape index (κ2) is 3.15. The van der Waals surface area contributed by atoms with E-state index in [-0.39, 0.29) is 0 Å². The second-order valence-electron chi connectivity index (χ2n) is 2.65. The van der Waals surface area contributed by atoms with Gasteiger partial charge in [0.05, 0.1) is 5.52 Å². The first-order chi connectivity index (χ1) is 6.29. The molecule has 0 amide bonds. The van der Waals surface area contributed by atoms with E-state index in [4.69, 9.17) is 5.26 Å². The summed E-state index contributed by atoms with van der Waals surface area (Å²) in [6.07, 6.45) is 0. The van der Waals surface area contributed by atoms with Gasteiger partial charge in [0.25, 0.3) is 0 Å². The summed E-state index contributed by atoms with van der Waals surface area (Å²) in [4.78, 5) is 4.16. The van der Waals surface area contributed by atoms with Crippen LogP contribution < -0.4 is 0 Å². The third kappa shape index (κ3) is 1.53. The number of rotatable bonds is 0. The van der Waals surface area contributed by atoms with E-state index in [1.54, 1.807) is 6.07 Å². The molecule has 0 spiro atoms. The van der Waals surface area contributed by atoms with E-state index in [0.717, 1.165) is 15.4 Å². The number of benzene rings is 1. The van der Waals surface area contributed by atoms with Crippen LogP contribution in [0.4, 0.5) is 0 Å². The van der Waals surface area contributed by atoms with Crippen molar-refractivity contribution in [2.24, 2.45) is 0 Å². The number of nitriles is 1. The van der Waals surface area contributed by atoms with E-state index in [2.05, 4.69) is 20.9 Å². The number of hydrogen-bond donors (Lipinski definition) is 0. The van der Waals surface area contributed by atoms with Crippen molar-refractivity contribution >= 4 is 26.8 Å². The van der Waals surface area contributed by atoms with Crippen LogP contribution in [0.15, 0.2) is 34.8 Å². The molecule has 3 heteroatoms. The highest BCUT2D eigenvalue weighted by Crippen LogP contribution is 2.17. The summed E-state index contributed by atoms with van der Waals surface area (Å²) in [5.41, 5.74) is 1.29. The minimum absolute atomic E-state index is 0.450. The molecule has 0 aliphatic rings. The van der Waals surface area contributed by atoms with Crippen LogP contribution in [0, 0.1) is 11.3 Å². The van der Waals surface area contributed by atoms with Gasteiger partial charge in [-0.3, -0.25) is 0 Å². The van der Waals surface area contributed by atoms with Crippen LogP contribution in [0.3, 0.4) is 0 Å². The van der Waals surface area contributed by atoms with Crippen molar-refractivity contribution in [1.82, 2.24) is 4.98 Å². The van der Waals surface area contributed by atoms with Gasteiger partial charge in [0.15, 0.2) is 0 Å². The Morgan fingerprint density at radius 2 is 2.00 bits per heavy atom. The van der Waals surface area contributed by atoms with Crippen molar-refractivity contribution in [3.63, 3.8) is 0 Å². The Bertz CT molecular complexity index is 500. The number of pyridine rings is 1. The third-order valence-corrected chi connectivity index (χ3v) is 2.26. The fourth-order valence-electron chi connectivity index (χ4n) is 1.15. The molecule has 1 aromatic carbocycles. The molecule has 2 nitrogen and oxygen atoms in total. The quantitative estimate of drug-likeness (QED) is 0.701. The predicted octanol–water partition coefficient (Wildman–Crippen LogP) is 2.87. The summed E-state index contributed by atoms with van der Waals surface area (Å²) in [5, 5.41) is 9.69. The summed E-state index contributed by atoms with van der Waals surface area (Å²) in [6, 6.07) is 11.4. The first-order valence-corrected chi connectivity index (χ1v) is 4.55. The zero-order chi connectivity index (χ0) is 9.26. The first kappa shape index (κ1) is 8.21. The number of aromatic nitrogens is 1. The Morgan fingerprint density at radius 1 is 1.23 bits per heavy atom. The van der Waals surface area contributed by atoms with Gasteiger partial charge in [0.2, 0.25) is 0 Å². The SMILES string of the molecule is N#Cc1ccc2ccc(Br)cc2n1. The normalized spacial score (nSPS) is 9.85. The third-order valence-electron chi connectivity index (χ3n) is 1.77. The molecule has 0 N–H and O–H groups in total. The van der Waals surface area contributed by atoms with Gasteiger partial charge in [0.1, 0.15) is 11.8 Å². The van der Waals surface area contributed by atoms with Gasteiger partial charge >= 0.3 is 0 Å². The van der Waals surface area contributed by atoms with Gasteiger partial charge in [-0.15, -0.1) is 0 Å². The Kier molecular flexibility index (Phi) is 1.99. The topological polar surface area (TPSA) is 36.7 Å². The molecule has 1 aromatic heterocycles. The standard InChI is InChI=1S/C10H5BrN2/c11-8-3-1-7-2-4-9(6-12)13-10(7)5-8/h1-5H. The molecule has 0 aliphatic heterocycles. The lowest BCUT2D eigenvalue weighted by molar-refractivity contribution is 1.32. The molecule has 1 heterocycles. The molecule has 0 fully saturated rings. The van der Waals surface area contributed by atoms with Crippen molar-refractivity contribution in [3.8, 4) is 6.07 Å². The monoisotopic (exact) mass is 232 g/mol. The fourth-order valence-corrected chi connectivity index (χ4v) is 1.50. The second-order valence-corrected chi connectivity index (χ2v) is 3.56. The molecular formula is C10H5BrN2. The largest absolute Gasteiger partial charge is 0.237 e. The van der Waals surface area contributed by atoms with E-state index in [1.165, 1.54) is 0 Å². The van der Waals surface area contributed by atoms with E-state index >= 15 is 0 Å². The van der Waals surface area contributed by atoms with E-state index in [1.807, 2.05) is 30.3 Å². The minimum Gasteiger partial charge on any atom is -0.237 e. The first-order valence-electron chi connectivity index (χ1n) is 3.76. The molecule has 0 atom stereocenters. The molecular weight excluding hydrogens is 228 g/mol. The maximum Gasteiger partial charge on any atom is 0.141 e. The lowest BCUT2D eigenvalue weighted by Gasteiger charge is -1.97. The van der Waals surface area contributed by atoms with Crippen LogP contribution in [0.25, 0.3) is 10.9 Å². The number of fused-ring (bicyclic) bond motifs is 1. The van der Waals surface area contributed by atoms with Crippen LogP contribution in [-0.4, -0.2) is 4.98 Å².